The molecule has 0 bridgehead atoms. The molecule has 0 atom stereocenters. The number of ether oxygens (including phenoxy) is 1. The Balaban J connectivity index is 2.22. The Labute approximate surface area is 171 Å². The molecule has 0 aliphatic rings. The molecule has 0 aliphatic heterocycles. The van der Waals surface area contributed by atoms with Crippen molar-refractivity contribution >= 4 is 40.1 Å². The second-order valence-corrected chi connectivity index (χ2v) is 6.92. The van der Waals surface area contributed by atoms with Gasteiger partial charge in [-0.05, 0) is 38.0 Å². The number of carbonyl (C=O) groups excluding carboxylic acids is 2. The van der Waals surface area contributed by atoms with E-state index in [0.717, 1.165) is 31.3 Å². The van der Waals surface area contributed by atoms with E-state index in [1.165, 1.54) is 6.20 Å². The Hall–Kier alpha value is -2.34. The van der Waals surface area contributed by atoms with E-state index in [1.54, 1.807) is 19.1 Å². The standard InChI is InChI=1S/C21H28ClN3O3/c1-4-11-25(12-5-2)19(26)9-10-23-20-16-8-7-15(22)13-18(16)24-14-17(20)21(27)28-6-3/h7-8,13-14H,4-6,9-12H2,1-3H3,(H,23,24). The minimum Gasteiger partial charge on any atom is -0.462 e. The number of hydrogen-bond donors (Lipinski definition) is 1. The van der Waals surface area contributed by atoms with Crippen LogP contribution < -0.4 is 5.32 Å². The number of pyridine rings is 1. The SMILES string of the molecule is CCCN(CCC)C(=O)CCNc1c(C(=O)OCC)cnc2cc(Cl)ccc12. The zero-order chi connectivity index (χ0) is 20.5. The van der Waals surface area contributed by atoms with Crippen LogP contribution in [0, 0.1) is 0 Å². The summed E-state index contributed by atoms with van der Waals surface area (Å²) in [6.45, 7) is 8.10. The molecular formula is C21H28ClN3O3. The normalized spacial score (nSPS) is 10.7. The van der Waals surface area contributed by atoms with Crippen molar-refractivity contribution in [2.45, 2.75) is 40.0 Å². The Kier molecular flexibility index (Phi) is 8.51. The van der Waals surface area contributed by atoms with Gasteiger partial charge < -0.3 is 15.0 Å². The number of hydrogen-bond acceptors (Lipinski definition) is 5. The monoisotopic (exact) mass is 405 g/mol. The minimum atomic E-state index is -0.445. The highest BCUT2D eigenvalue weighted by molar-refractivity contribution is 6.31. The van der Waals surface area contributed by atoms with E-state index < -0.39 is 5.97 Å². The van der Waals surface area contributed by atoms with E-state index in [4.69, 9.17) is 16.3 Å². The van der Waals surface area contributed by atoms with Gasteiger partial charge in [0.05, 0.1) is 17.8 Å². The smallest absolute Gasteiger partial charge is 0.341 e. The van der Waals surface area contributed by atoms with Crippen LogP contribution in [0.5, 0.6) is 0 Å². The number of amides is 1. The van der Waals surface area contributed by atoms with Gasteiger partial charge in [-0.25, -0.2) is 4.79 Å². The summed E-state index contributed by atoms with van der Waals surface area (Å²) in [5.41, 5.74) is 1.64. The summed E-state index contributed by atoms with van der Waals surface area (Å²) in [7, 11) is 0. The Morgan fingerprint density at radius 3 is 2.54 bits per heavy atom. The summed E-state index contributed by atoms with van der Waals surface area (Å²) >= 11 is 6.06. The van der Waals surface area contributed by atoms with Gasteiger partial charge in [-0.1, -0.05) is 25.4 Å². The lowest BCUT2D eigenvalue weighted by Gasteiger charge is -2.22. The van der Waals surface area contributed by atoms with Gasteiger partial charge >= 0.3 is 5.97 Å². The highest BCUT2D eigenvalue weighted by Crippen LogP contribution is 2.28. The average Bonchev–Trinajstić information content (AvgIpc) is 2.67. The van der Waals surface area contributed by atoms with Crippen molar-refractivity contribution in [2.75, 3.05) is 31.6 Å². The molecule has 0 unspecified atom stereocenters. The molecule has 28 heavy (non-hydrogen) atoms. The van der Waals surface area contributed by atoms with Crippen LogP contribution in [0.4, 0.5) is 5.69 Å². The fraction of sp³-hybridized carbons (Fsp3) is 0.476. The van der Waals surface area contributed by atoms with Crippen molar-refractivity contribution in [3.63, 3.8) is 0 Å². The Morgan fingerprint density at radius 1 is 1.18 bits per heavy atom. The van der Waals surface area contributed by atoms with E-state index in [1.807, 2.05) is 11.0 Å². The molecule has 6 nitrogen and oxygen atoms in total. The van der Waals surface area contributed by atoms with Crippen LogP contribution >= 0.6 is 11.6 Å². The molecule has 0 saturated heterocycles. The third kappa shape index (κ3) is 5.58. The van der Waals surface area contributed by atoms with Crippen molar-refractivity contribution in [3.8, 4) is 0 Å². The molecule has 0 aliphatic carbocycles. The van der Waals surface area contributed by atoms with E-state index >= 15 is 0 Å². The molecule has 1 N–H and O–H groups in total. The Bertz CT molecular complexity index is 820. The molecule has 1 heterocycles. The number of anilines is 1. The summed E-state index contributed by atoms with van der Waals surface area (Å²) in [6, 6.07) is 5.31. The maximum absolute atomic E-state index is 12.5. The first kappa shape index (κ1) is 22.0. The van der Waals surface area contributed by atoms with Crippen LogP contribution in [0.2, 0.25) is 5.02 Å². The molecule has 0 radical (unpaired) electrons. The van der Waals surface area contributed by atoms with Gasteiger partial charge in [0.25, 0.3) is 0 Å². The summed E-state index contributed by atoms with van der Waals surface area (Å²) in [6.07, 6.45) is 3.70. The van der Waals surface area contributed by atoms with Crippen molar-refractivity contribution in [3.05, 3.63) is 35.0 Å². The number of fused-ring (bicyclic) bond motifs is 1. The molecule has 0 saturated carbocycles. The zero-order valence-corrected chi connectivity index (χ0v) is 17.5. The molecule has 1 amide bonds. The largest absolute Gasteiger partial charge is 0.462 e. The van der Waals surface area contributed by atoms with Crippen molar-refractivity contribution < 1.29 is 14.3 Å². The third-order valence-electron chi connectivity index (χ3n) is 4.31. The number of carbonyl (C=O) groups is 2. The van der Waals surface area contributed by atoms with Crippen molar-refractivity contribution in [1.29, 1.82) is 0 Å². The minimum absolute atomic E-state index is 0.107. The number of esters is 1. The lowest BCUT2D eigenvalue weighted by Crippen LogP contribution is -2.33. The average molecular weight is 406 g/mol. The first-order valence-electron chi connectivity index (χ1n) is 9.78. The van der Waals surface area contributed by atoms with Gasteiger partial charge in [0.15, 0.2) is 0 Å². The third-order valence-corrected chi connectivity index (χ3v) is 4.54. The molecule has 1 aromatic carbocycles. The first-order chi connectivity index (χ1) is 13.5. The van der Waals surface area contributed by atoms with E-state index in [0.29, 0.717) is 34.8 Å². The van der Waals surface area contributed by atoms with Crippen LogP contribution in [0.1, 0.15) is 50.4 Å². The second kappa shape index (κ2) is 10.9. The van der Waals surface area contributed by atoms with Crippen molar-refractivity contribution in [1.82, 2.24) is 9.88 Å². The van der Waals surface area contributed by atoms with Gasteiger partial charge in [-0.2, -0.15) is 0 Å². The number of aromatic nitrogens is 1. The molecule has 152 valence electrons. The molecule has 0 fully saturated rings. The highest BCUT2D eigenvalue weighted by atomic mass is 35.5. The summed E-state index contributed by atoms with van der Waals surface area (Å²) < 4.78 is 5.15. The number of benzene rings is 1. The number of halogens is 1. The van der Waals surface area contributed by atoms with E-state index in [2.05, 4.69) is 24.1 Å². The quantitative estimate of drug-likeness (QED) is 0.588. The number of nitrogens with one attached hydrogen (secondary N) is 1. The van der Waals surface area contributed by atoms with Crippen LogP contribution in [0.25, 0.3) is 10.9 Å². The topological polar surface area (TPSA) is 71.5 Å². The second-order valence-electron chi connectivity index (χ2n) is 6.49. The van der Waals surface area contributed by atoms with Gasteiger partial charge in [-0.15, -0.1) is 0 Å². The lowest BCUT2D eigenvalue weighted by molar-refractivity contribution is -0.131. The Morgan fingerprint density at radius 2 is 1.89 bits per heavy atom. The van der Waals surface area contributed by atoms with Crippen LogP contribution in [-0.2, 0) is 9.53 Å². The van der Waals surface area contributed by atoms with Crippen molar-refractivity contribution in [2.24, 2.45) is 0 Å². The molecule has 2 rings (SSSR count). The molecule has 1 aromatic heterocycles. The molecular weight excluding hydrogens is 378 g/mol. The van der Waals surface area contributed by atoms with E-state index in [9.17, 15) is 9.59 Å². The molecule has 2 aromatic rings. The summed E-state index contributed by atoms with van der Waals surface area (Å²) in [5.74, 6) is -0.338. The van der Waals surface area contributed by atoms with Crippen LogP contribution in [-0.4, -0.2) is 48.0 Å². The first-order valence-corrected chi connectivity index (χ1v) is 10.2. The van der Waals surface area contributed by atoms with Gasteiger partial charge in [0, 0.05) is 42.7 Å². The maximum Gasteiger partial charge on any atom is 0.341 e. The van der Waals surface area contributed by atoms with Gasteiger partial charge in [-0.3, -0.25) is 9.78 Å². The summed E-state index contributed by atoms with van der Waals surface area (Å²) in [5, 5.41) is 4.59. The molecule has 7 heteroatoms. The van der Waals surface area contributed by atoms with Crippen LogP contribution in [0.3, 0.4) is 0 Å². The summed E-state index contributed by atoms with van der Waals surface area (Å²) in [4.78, 5) is 31.1. The predicted molar refractivity (Wildman–Crippen MR) is 113 cm³/mol. The maximum atomic E-state index is 12.5. The predicted octanol–water partition coefficient (Wildman–Crippen LogP) is 4.52. The van der Waals surface area contributed by atoms with Gasteiger partial charge in [0.2, 0.25) is 5.91 Å². The zero-order valence-electron chi connectivity index (χ0n) is 16.8. The van der Waals surface area contributed by atoms with Gasteiger partial charge in [0.1, 0.15) is 5.56 Å². The highest BCUT2D eigenvalue weighted by Gasteiger charge is 2.18. The van der Waals surface area contributed by atoms with E-state index in [-0.39, 0.29) is 12.5 Å². The number of nitrogens with zero attached hydrogens (tertiary/aromatic N) is 2. The van der Waals surface area contributed by atoms with Crippen LogP contribution in [0.15, 0.2) is 24.4 Å². The lowest BCUT2D eigenvalue weighted by atomic mass is 10.1. The molecule has 0 spiro atoms. The fourth-order valence-electron chi connectivity index (χ4n) is 3.07. The fourth-order valence-corrected chi connectivity index (χ4v) is 3.24. The number of rotatable bonds is 10.